The van der Waals surface area contributed by atoms with Crippen molar-refractivity contribution in [2.75, 3.05) is 13.1 Å². The maximum atomic E-state index is 13.3. The first-order valence-electron chi connectivity index (χ1n) is 8.55. The molecule has 1 aliphatic rings. The highest BCUT2D eigenvalue weighted by atomic mass is 32.1. The Morgan fingerprint density at radius 1 is 1.44 bits per heavy atom. The van der Waals surface area contributed by atoms with Gasteiger partial charge in [0.15, 0.2) is 5.78 Å². The molecule has 1 aliphatic heterocycles. The first-order chi connectivity index (χ1) is 12.1. The number of H-pyrrole nitrogens is 1. The molecule has 1 aromatic carbocycles. The van der Waals surface area contributed by atoms with Crippen LogP contribution in [0.5, 0.6) is 0 Å². The van der Waals surface area contributed by atoms with E-state index in [0.29, 0.717) is 12.1 Å². The van der Waals surface area contributed by atoms with Crippen molar-refractivity contribution in [3.8, 4) is 0 Å². The molecular formula is C19H20FN3OS. The van der Waals surface area contributed by atoms with Crippen molar-refractivity contribution in [3.63, 3.8) is 0 Å². The molecule has 25 heavy (non-hydrogen) atoms. The third kappa shape index (κ3) is 3.37. The second kappa shape index (κ2) is 6.69. The number of hydrogen-bond acceptors (Lipinski definition) is 4. The van der Waals surface area contributed by atoms with Crippen molar-refractivity contribution in [1.82, 2.24) is 14.9 Å². The van der Waals surface area contributed by atoms with Crippen LogP contribution in [0.1, 0.15) is 33.9 Å². The molecule has 0 bridgehead atoms. The number of thiophene rings is 1. The summed E-state index contributed by atoms with van der Waals surface area (Å²) in [5, 5.41) is 1.98. The molecule has 2 aromatic heterocycles. The molecule has 130 valence electrons. The summed E-state index contributed by atoms with van der Waals surface area (Å²) in [6, 6.07) is 6.58. The predicted octanol–water partition coefficient (Wildman–Crippen LogP) is 4.17. The Balaban J connectivity index is 1.47. The fourth-order valence-corrected chi connectivity index (χ4v) is 4.49. The number of nitrogens with one attached hydrogen (secondary N) is 1. The Bertz CT molecular complexity index is 916. The molecule has 0 saturated carbocycles. The number of aryl methyl sites for hydroxylation is 1. The molecule has 1 saturated heterocycles. The monoisotopic (exact) mass is 357 g/mol. The van der Waals surface area contributed by atoms with E-state index in [4.69, 9.17) is 0 Å². The van der Waals surface area contributed by atoms with Crippen LogP contribution in [0.25, 0.3) is 11.0 Å². The van der Waals surface area contributed by atoms with E-state index < -0.39 is 0 Å². The van der Waals surface area contributed by atoms with E-state index in [9.17, 15) is 9.18 Å². The third-order valence-corrected chi connectivity index (χ3v) is 5.86. The number of halogens is 1. The van der Waals surface area contributed by atoms with Crippen LogP contribution in [0, 0.1) is 18.7 Å². The maximum absolute atomic E-state index is 13.3. The fourth-order valence-electron chi connectivity index (χ4n) is 3.55. The summed E-state index contributed by atoms with van der Waals surface area (Å²) in [5.74, 6) is 0.871. The number of benzene rings is 1. The maximum Gasteiger partial charge on any atom is 0.177 e. The number of carbonyl (C=O) groups excluding carboxylic acids is 1. The number of fused-ring (bicyclic) bond motifs is 1. The summed E-state index contributed by atoms with van der Waals surface area (Å²) in [4.78, 5) is 23.7. The van der Waals surface area contributed by atoms with E-state index in [1.54, 1.807) is 6.07 Å². The average Bonchev–Trinajstić information content (AvgIpc) is 3.19. The lowest BCUT2D eigenvalue weighted by Gasteiger charge is -2.31. The number of imidazole rings is 1. The van der Waals surface area contributed by atoms with E-state index >= 15 is 0 Å². The number of rotatable bonds is 4. The van der Waals surface area contributed by atoms with Gasteiger partial charge >= 0.3 is 0 Å². The number of likely N-dealkylation sites (tertiary alicyclic amines) is 1. The fraction of sp³-hybridized carbons (Fsp3) is 0.368. The highest BCUT2D eigenvalue weighted by molar-refractivity contribution is 7.12. The van der Waals surface area contributed by atoms with Crippen molar-refractivity contribution in [1.29, 1.82) is 0 Å². The molecule has 0 radical (unpaired) electrons. The minimum absolute atomic E-state index is 0.0490. The number of hydrogen-bond donors (Lipinski definition) is 1. The Labute approximate surface area is 149 Å². The molecular weight excluding hydrogens is 337 g/mol. The molecule has 1 atom stereocenters. The predicted molar refractivity (Wildman–Crippen MR) is 97.4 cm³/mol. The van der Waals surface area contributed by atoms with Crippen LogP contribution < -0.4 is 0 Å². The number of nitrogens with zero attached hydrogens (tertiary/aromatic N) is 2. The molecule has 1 fully saturated rings. The molecule has 1 unspecified atom stereocenters. The van der Waals surface area contributed by atoms with Gasteiger partial charge < -0.3 is 4.98 Å². The van der Waals surface area contributed by atoms with Crippen LogP contribution in [0.3, 0.4) is 0 Å². The van der Waals surface area contributed by atoms with Crippen LogP contribution in [0.2, 0.25) is 0 Å². The van der Waals surface area contributed by atoms with Crippen LogP contribution in [-0.4, -0.2) is 33.7 Å². The van der Waals surface area contributed by atoms with E-state index in [2.05, 4.69) is 14.9 Å². The molecule has 0 amide bonds. The standard InChI is InChI=1S/C19H20FN3OS/c1-12-6-8-25-19(12)18(24)13-3-2-7-23(10-13)11-17-21-15-5-4-14(20)9-16(15)22-17/h4-6,8-9,13H,2-3,7,10-11H2,1H3,(H,21,22). The van der Waals surface area contributed by atoms with E-state index in [-0.39, 0.29) is 17.5 Å². The van der Waals surface area contributed by atoms with Gasteiger partial charge in [0.2, 0.25) is 0 Å². The Hall–Kier alpha value is -2.05. The highest BCUT2D eigenvalue weighted by Crippen LogP contribution is 2.26. The van der Waals surface area contributed by atoms with Crippen molar-refractivity contribution in [2.45, 2.75) is 26.3 Å². The number of carbonyl (C=O) groups is 1. The van der Waals surface area contributed by atoms with Gasteiger partial charge in [-0.3, -0.25) is 9.69 Å². The van der Waals surface area contributed by atoms with Crippen LogP contribution >= 0.6 is 11.3 Å². The minimum Gasteiger partial charge on any atom is -0.341 e. The number of ketones is 1. The molecule has 0 aliphatic carbocycles. The second-order valence-corrected chi connectivity index (χ2v) is 7.63. The molecule has 0 spiro atoms. The third-order valence-electron chi connectivity index (χ3n) is 4.83. The zero-order chi connectivity index (χ0) is 17.4. The Morgan fingerprint density at radius 3 is 3.12 bits per heavy atom. The number of piperidine rings is 1. The summed E-state index contributed by atoms with van der Waals surface area (Å²) in [5.41, 5.74) is 2.57. The molecule has 4 nitrogen and oxygen atoms in total. The van der Waals surface area contributed by atoms with E-state index in [1.807, 2.05) is 18.4 Å². The van der Waals surface area contributed by atoms with Gasteiger partial charge in [0, 0.05) is 12.5 Å². The smallest absolute Gasteiger partial charge is 0.177 e. The van der Waals surface area contributed by atoms with Crippen LogP contribution in [0.15, 0.2) is 29.6 Å². The summed E-state index contributed by atoms with van der Waals surface area (Å²) >= 11 is 1.54. The molecule has 1 N–H and O–H groups in total. The van der Waals surface area contributed by atoms with Crippen LogP contribution in [0.4, 0.5) is 4.39 Å². The van der Waals surface area contributed by atoms with Gasteiger partial charge in [0.1, 0.15) is 11.6 Å². The summed E-state index contributed by atoms with van der Waals surface area (Å²) in [7, 11) is 0. The summed E-state index contributed by atoms with van der Waals surface area (Å²) in [6.45, 7) is 4.36. The van der Waals surface area contributed by atoms with Gasteiger partial charge in [0.25, 0.3) is 0 Å². The van der Waals surface area contributed by atoms with Gasteiger partial charge in [-0.25, -0.2) is 9.37 Å². The first kappa shape index (κ1) is 16.4. The normalized spacial score (nSPS) is 18.7. The Kier molecular flexibility index (Phi) is 4.39. The van der Waals surface area contributed by atoms with Gasteiger partial charge in [-0.1, -0.05) is 0 Å². The van der Waals surface area contributed by atoms with Crippen molar-refractivity contribution in [3.05, 3.63) is 51.7 Å². The van der Waals surface area contributed by atoms with Gasteiger partial charge in [-0.15, -0.1) is 11.3 Å². The first-order valence-corrected chi connectivity index (χ1v) is 9.43. The zero-order valence-corrected chi connectivity index (χ0v) is 14.9. The lowest BCUT2D eigenvalue weighted by molar-refractivity contribution is 0.0812. The zero-order valence-electron chi connectivity index (χ0n) is 14.1. The topological polar surface area (TPSA) is 49.0 Å². The molecule has 6 heteroatoms. The number of aromatic amines is 1. The van der Waals surface area contributed by atoms with Crippen molar-refractivity contribution in [2.24, 2.45) is 5.92 Å². The average molecular weight is 357 g/mol. The van der Waals surface area contributed by atoms with Crippen LogP contribution in [-0.2, 0) is 6.54 Å². The lowest BCUT2D eigenvalue weighted by atomic mass is 9.92. The summed E-state index contributed by atoms with van der Waals surface area (Å²) in [6.07, 6.45) is 1.95. The largest absolute Gasteiger partial charge is 0.341 e. The Morgan fingerprint density at radius 2 is 2.32 bits per heavy atom. The minimum atomic E-state index is -0.266. The lowest BCUT2D eigenvalue weighted by Crippen LogP contribution is -2.38. The van der Waals surface area contributed by atoms with Gasteiger partial charge in [-0.05, 0) is 61.5 Å². The molecule has 3 aromatic rings. The van der Waals surface area contributed by atoms with Crippen molar-refractivity contribution < 1.29 is 9.18 Å². The van der Waals surface area contributed by atoms with Gasteiger partial charge in [-0.2, -0.15) is 0 Å². The summed E-state index contributed by atoms with van der Waals surface area (Å²) < 4.78 is 13.3. The second-order valence-electron chi connectivity index (χ2n) is 6.72. The number of Topliss-reactive ketones (excluding diaryl/α,β-unsaturated/α-hetero) is 1. The molecule has 4 rings (SSSR count). The highest BCUT2D eigenvalue weighted by Gasteiger charge is 2.28. The van der Waals surface area contributed by atoms with Gasteiger partial charge in [0.05, 0.1) is 22.5 Å². The van der Waals surface area contributed by atoms with E-state index in [0.717, 1.165) is 47.7 Å². The van der Waals surface area contributed by atoms with Crippen molar-refractivity contribution >= 4 is 28.2 Å². The SMILES string of the molecule is Cc1ccsc1C(=O)C1CCCN(Cc2nc3ccc(F)cc3[nH]2)C1. The quantitative estimate of drug-likeness (QED) is 0.713. The molecule has 3 heterocycles. The van der Waals surface area contributed by atoms with E-state index in [1.165, 1.54) is 23.5 Å². The number of aromatic nitrogens is 2.